The minimum absolute atomic E-state index is 0.0167. The van der Waals surface area contributed by atoms with Gasteiger partial charge < -0.3 is 19.5 Å². The number of hydrogen-bond donors (Lipinski definition) is 1. The van der Waals surface area contributed by atoms with Crippen LogP contribution in [0.3, 0.4) is 0 Å². The Balaban J connectivity index is 1.77. The van der Waals surface area contributed by atoms with Crippen molar-refractivity contribution in [2.24, 2.45) is 0 Å². The Morgan fingerprint density at radius 2 is 2.04 bits per heavy atom. The zero-order chi connectivity index (χ0) is 17.8. The summed E-state index contributed by atoms with van der Waals surface area (Å²) in [6.45, 7) is 3.40. The highest BCUT2D eigenvalue weighted by Crippen LogP contribution is 2.33. The first-order valence-electron chi connectivity index (χ1n) is 8.54. The molecule has 3 rings (SSSR count). The van der Waals surface area contributed by atoms with E-state index in [0.29, 0.717) is 12.2 Å². The number of likely N-dealkylation sites (tertiary alicyclic amines) is 1. The summed E-state index contributed by atoms with van der Waals surface area (Å²) < 4.78 is 7.05. The van der Waals surface area contributed by atoms with Crippen molar-refractivity contribution in [3.63, 3.8) is 0 Å². The Morgan fingerprint density at radius 1 is 1.28 bits per heavy atom. The number of nitrogens with zero attached hydrogens (tertiary/aromatic N) is 2. The van der Waals surface area contributed by atoms with Crippen LogP contribution in [0.1, 0.15) is 31.4 Å². The Labute approximate surface area is 147 Å². The van der Waals surface area contributed by atoms with Crippen molar-refractivity contribution >= 4 is 11.7 Å². The second kappa shape index (κ2) is 7.42. The predicted molar refractivity (Wildman–Crippen MR) is 97.1 cm³/mol. The van der Waals surface area contributed by atoms with Crippen LogP contribution in [-0.2, 0) is 6.54 Å². The molecule has 2 aromatic rings. The largest absolute Gasteiger partial charge is 0.497 e. The van der Waals surface area contributed by atoms with Crippen LogP contribution in [0.15, 0.2) is 47.5 Å². The molecule has 0 radical (unpaired) electrons. The van der Waals surface area contributed by atoms with Crippen LogP contribution < -0.4 is 15.5 Å². The first-order valence-corrected chi connectivity index (χ1v) is 8.54. The number of methoxy groups -OCH3 is 1. The maximum absolute atomic E-state index is 12.7. The molecule has 0 spiro atoms. The minimum Gasteiger partial charge on any atom is -0.497 e. The minimum atomic E-state index is -0.232. The molecule has 1 aliphatic heterocycles. The summed E-state index contributed by atoms with van der Waals surface area (Å²) in [5.41, 5.74) is 1.21. The molecule has 0 bridgehead atoms. The number of ether oxygens (including phenoxy) is 1. The lowest BCUT2D eigenvalue weighted by molar-refractivity contribution is 0.207. The van der Waals surface area contributed by atoms with Gasteiger partial charge in [0, 0.05) is 31.5 Å². The van der Waals surface area contributed by atoms with Crippen LogP contribution in [0.2, 0.25) is 0 Å². The molecule has 0 unspecified atom stereocenters. The monoisotopic (exact) mass is 341 g/mol. The van der Waals surface area contributed by atoms with E-state index in [4.69, 9.17) is 4.74 Å². The molecular formula is C19H23N3O3. The molecule has 1 aromatic carbocycles. The zero-order valence-electron chi connectivity index (χ0n) is 14.6. The maximum Gasteiger partial charge on any atom is 0.322 e. The molecule has 2 amide bonds. The van der Waals surface area contributed by atoms with E-state index < -0.39 is 0 Å². The summed E-state index contributed by atoms with van der Waals surface area (Å²) in [6.07, 6.45) is 5.25. The van der Waals surface area contributed by atoms with Gasteiger partial charge in [0.1, 0.15) is 11.4 Å². The number of carbonyl (C=O) groups is 1. The van der Waals surface area contributed by atoms with Crippen molar-refractivity contribution in [2.45, 2.75) is 32.4 Å². The van der Waals surface area contributed by atoms with Crippen molar-refractivity contribution in [1.29, 1.82) is 0 Å². The van der Waals surface area contributed by atoms with E-state index in [1.165, 1.54) is 6.07 Å². The van der Waals surface area contributed by atoms with Gasteiger partial charge in [-0.05, 0) is 37.5 Å². The normalized spacial score (nSPS) is 16.7. The number of amides is 2. The first kappa shape index (κ1) is 17.1. The highest BCUT2D eigenvalue weighted by Gasteiger charge is 2.30. The van der Waals surface area contributed by atoms with Gasteiger partial charge in [0.25, 0.3) is 0 Å². The lowest BCUT2D eigenvalue weighted by Crippen LogP contribution is -2.35. The van der Waals surface area contributed by atoms with Crippen molar-refractivity contribution in [3.8, 4) is 5.75 Å². The second-order valence-corrected chi connectivity index (χ2v) is 6.11. The summed E-state index contributed by atoms with van der Waals surface area (Å²) in [4.78, 5) is 26.5. The van der Waals surface area contributed by atoms with Gasteiger partial charge in [-0.3, -0.25) is 4.79 Å². The molecule has 1 fully saturated rings. The Hall–Kier alpha value is -2.76. The van der Waals surface area contributed by atoms with E-state index in [-0.39, 0.29) is 17.5 Å². The smallest absolute Gasteiger partial charge is 0.322 e. The molecule has 0 aliphatic carbocycles. The Morgan fingerprint density at radius 3 is 2.72 bits per heavy atom. The van der Waals surface area contributed by atoms with Crippen molar-refractivity contribution < 1.29 is 9.53 Å². The molecule has 1 saturated heterocycles. The topological polar surface area (TPSA) is 63.6 Å². The number of aromatic nitrogens is 1. The molecule has 25 heavy (non-hydrogen) atoms. The van der Waals surface area contributed by atoms with Crippen LogP contribution in [0.25, 0.3) is 0 Å². The molecule has 1 aliphatic rings. The number of rotatable bonds is 4. The molecular weight excluding hydrogens is 318 g/mol. The fourth-order valence-electron chi connectivity index (χ4n) is 3.19. The van der Waals surface area contributed by atoms with Crippen LogP contribution in [0.5, 0.6) is 5.75 Å². The fourth-order valence-corrected chi connectivity index (χ4v) is 3.19. The van der Waals surface area contributed by atoms with E-state index in [2.05, 4.69) is 5.32 Å². The number of carbonyl (C=O) groups excluding carboxylic acids is 1. The lowest BCUT2D eigenvalue weighted by Gasteiger charge is -2.25. The van der Waals surface area contributed by atoms with Crippen LogP contribution in [0, 0.1) is 0 Å². The van der Waals surface area contributed by atoms with Gasteiger partial charge >= 0.3 is 6.03 Å². The molecule has 1 aromatic heterocycles. The van der Waals surface area contributed by atoms with Crippen LogP contribution >= 0.6 is 0 Å². The third kappa shape index (κ3) is 3.68. The van der Waals surface area contributed by atoms with Crippen molar-refractivity contribution in [3.05, 3.63) is 58.5 Å². The number of hydrogen-bond acceptors (Lipinski definition) is 3. The summed E-state index contributed by atoms with van der Waals surface area (Å²) in [7, 11) is 1.63. The maximum atomic E-state index is 12.7. The average Bonchev–Trinajstić information content (AvgIpc) is 3.13. The number of aryl methyl sites for hydroxylation is 1. The van der Waals surface area contributed by atoms with Gasteiger partial charge in [-0.2, -0.15) is 0 Å². The van der Waals surface area contributed by atoms with Crippen molar-refractivity contribution in [2.75, 3.05) is 19.0 Å². The zero-order valence-corrected chi connectivity index (χ0v) is 14.6. The molecule has 132 valence electrons. The van der Waals surface area contributed by atoms with Gasteiger partial charge in [-0.25, -0.2) is 4.79 Å². The fraction of sp³-hybridized carbons (Fsp3) is 0.368. The summed E-state index contributed by atoms with van der Waals surface area (Å²) in [6, 6.07) is 9.04. The number of anilines is 1. The number of nitrogens with one attached hydrogen (secondary N) is 1. The van der Waals surface area contributed by atoms with E-state index >= 15 is 0 Å². The molecule has 1 atom stereocenters. The standard InChI is InChI=1S/C19H23N3O3/c1-3-21-12-10-18(23)16(13-21)20-19(24)22-11-4-5-17(22)14-6-8-15(25-2)9-7-14/h6-10,12-13,17H,3-5,11H2,1-2H3,(H,20,24)/t17-/m1/s1. The van der Waals surface area contributed by atoms with Gasteiger partial charge in [-0.15, -0.1) is 0 Å². The second-order valence-electron chi connectivity index (χ2n) is 6.11. The number of benzene rings is 1. The SMILES string of the molecule is CCn1ccc(=O)c(NC(=O)N2CCC[C@@H]2c2ccc(OC)cc2)c1. The number of urea groups is 1. The van der Waals surface area contributed by atoms with E-state index in [0.717, 1.165) is 30.7 Å². The van der Waals surface area contributed by atoms with E-state index in [1.54, 1.807) is 24.4 Å². The van der Waals surface area contributed by atoms with Gasteiger partial charge in [0.05, 0.1) is 13.2 Å². The predicted octanol–water partition coefficient (Wildman–Crippen LogP) is 3.25. The van der Waals surface area contributed by atoms with Gasteiger partial charge in [0.15, 0.2) is 0 Å². The molecule has 1 N–H and O–H groups in total. The van der Waals surface area contributed by atoms with Crippen molar-refractivity contribution in [1.82, 2.24) is 9.47 Å². The van der Waals surface area contributed by atoms with Gasteiger partial charge in [0.2, 0.25) is 5.43 Å². The van der Waals surface area contributed by atoms with E-state index in [1.807, 2.05) is 35.8 Å². The van der Waals surface area contributed by atoms with Crippen LogP contribution in [0.4, 0.5) is 10.5 Å². The summed E-state index contributed by atoms with van der Waals surface area (Å²) in [5.74, 6) is 0.794. The third-order valence-corrected chi connectivity index (χ3v) is 4.60. The Bertz CT molecular complexity index is 798. The summed E-state index contributed by atoms with van der Waals surface area (Å²) in [5, 5.41) is 2.78. The van der Waals surface area contributed by atoms with E-state index in [9.17, 15) is 9.59 Å². The van der Waals surface area contributed by atoms with Crippen LogP contribution in [-0.4, -0.2) is 29.2 Å². The average molecular weight is 341 g/mol. The molecule has 2 heterocycles. The number of pyridine rings is 1. The molecule has 6 heteroatoms. The first-order chi connectivity index (χ1) is 12.1. The quantitative estimate of drug-likeness (QED) is 0.928. The molecule has 0 saturated carbocycles. The Kier molecular flexibility index (Phi) is 5.07. The third-order valence-electron chi connectivity index (χ3n) is 4.60. The van der Waals surface area contributed by atoms with Gasteiger partial charge in [-0.1, -0.05) is 12.1 Å². The summed E-state index contributed by atoms with van der Waals surface area (Å²) >= 11 is 0. The molecule has 6 nitrogen and oxygen atoms in total. The lowest BCUT2D eigenvalue weighted by atomic mass is 10.0. The highest BCUT2D eigenvalue weighted by atomic mass is 16.5. The highest BCUT2D eigenvalue weighted by molar-refractivity contribution is 5.89.